The van der Waals surface area contributed by atoms with Crippen LogP contribution in [-0.4, -0.2) is 26.0 Å². The molecule has 0 aliphatic carbocycles. The van der Waals surface area contributed by atoms with Crippen LogP contribution in [0.3, 0.4) is 0 Å². The molecule has 0 unspecified atom stereocenters. The van der Waals surface area contributed by atoms with Crippen LogP contribution in [0, 0.1) is 0 Å². The average Bonchev–Trinajstić information content (AvgIpc) is 2.86. The third-order valence-electron chi connectivity index (χ3n) is 2.71. The van der Waals surface area contributed by atoms with Gasteiger partial charge >= 0.3 is 0 Å². The van der Waals surface area contributed by atoms with Crippen LogP contribution in [0.1, 0.15) is 32.3 Å². The maximum Gasteiger partial charge on any atom is 0.214 e. The third kappa shape index (κ3) is 3.10. The molecule has 0 spiro atoms. The summed E-state index contributed by atoms with van der Waals surface area (Å²) in [7, 11) is 0. The first-order valence-electron chi connectivity index (χ1n) is 6.35. The van der Waals surface area contributed by atoms with Gasteiger partial charge in [-0.2, -0.15) is 4.68 Å². The Morgan fingerprint density at radius 2 is 1.94 bits per heavy atom. The molecule has 4 nitrogen and oxygen atoms in total. The summed E-state index contributed by atoms with van der Waals surface area (Å²) in [6.45, 7) is 4.31. The Balaban J connectivity index is 2.15. The van der Waals surface area contributed by atoms with Gasteiger partial charge in [0.15, 0.2) is 0 Å². The van der Waals surface area contributed by atoms with Crippen molar-refractivity contribution in [3.63, 3.8) is 0 Å². The number of aromatic nitrogens is 4. The monoisotopic (exact) mass is 262 g/mol. The molecule has 2 aromatic rings. The number of aryl methyl sites for hydroxylation is 1. The molecule has 0 fully saturated rings. The first-order chi connectivity index (χ1) is 8.85. The topological polar surface area (TPSA) is 43.6 Å². The third-order valence-corrected chi connectivity index (χ3v) is 3.52. The van der Waals surface area contributed by atoms with Crippen LogP contribution in [0.2, 0.25) is 0 Å². The van der Waals surface area contributed by atoms with Gasteiger partial charge in [-0.15, -0.1) is 5.10 Å². The van der Waals surface area contributed by atoms with E-state index in [4.69, 9.17) is 0 Å². The Hall–Kier alpha value is -1.36. The van der Waals surface area contributed by atoms with Crippen molar-refractivity contribution in [3.05, 3.63) is 29.8 Å². The molecule has 0 saturated carbocycles. The van der Waals surface area contributed by atoms with E-state index in [1.165, 1.54) is 18.4 Å². The van der Waals surface area contributed by atoms with Gasteiger partial charge in [0.1, 0.15) is 0 Å². The predicted octanol–water partition coefficient (Wildman–Crippen LogP) is 3.12. The van der Waals surface area contributed by atoms with Gasteiger partial charge in [0.05, 0.1) is 5.69 Å². The summed E-state index contributed by atoms with van der Waals surface area (Å²) in [4.78, 5) is 0. The Kier molecular flexibility index (Phi) is 4.75. The van der Waals surface area contributed by atoms with E-state index in [0.29, 0.717) is 0 Å². The lowest BCUT2D eigenvalue weighted by Crippen LogP contribution is -1.99. The van der Waals surface area contributed by atoms with Gasteiger partial charge in [-0.25, -0.2) is 0 Å². The van der Waals surface area contributed by atoms with E-state index in [9.17, 15) is 0 Å². The van der Waals surface area contributed by atoms with E-state index < -0.39 is 0 Å². The standard InChI is InChI=1S/C13H18N4S/c1-3-5-6-11-7-9-12(10-8-11)17-13(18-4-2)14-15-16-17/h7-10H,3-6H2,1-2H3. The van der Waals surface area contributed by atoms with Crippen LogP contribution < -0.4 is 0 Å². The molecule has 0 atom stereocenters. The van der Waals surface area contributed by atoms with Crippen molar-refractivity contribution in [2.75, 3.05) is 5.75 Å². The zero-order valence-corrected chi connectivity index (χ0v) is 11.7. The molecule has 0 aliphatic rings. The van der Waals surface area contributed by atoms with Gasteiger partial charge < -0.3 is 0 Å². The SMILES string of the molecule is CCCCc1ccc(-n2nnnc2SCC)cc1. The van der Waals surface area contributed by atoms with E-state index in [1.54, 1.807) is 16.4 Å². The largest absolute Gasteiger partial charge is 0.214 e. The van der Waals surface area contributed by atoms with Gasteiger partial charge in [0, 0.05) is 0 Å². The molecule has 0 N–H and O–H groups in total. The summed E-state index contributed by atoms with van der Waals surface area (Å²) in [5, 5.41) is 12.6. The molecular weight excluding hydrogens is 244 g/mol. The minimum absolute atomic E-state index is 0.846. The smallest absolute Gasteiger partial charge is 0.188 e. The Morgan fingerprint density at radius 3 is 2.61 bits per heavy atom. The zero-order valence-electron chi connectivity index (χ0n) is 10.8. The lowest BCUT2D eigenvalue weighted by Gasteiger charge is -2.05. The molecule has 0 radical (unpaired) electrons. The number of nitrogens with zero attached hydrogens (tertiary/aromatic N) is 4. The highest BCUT2D eigenvalue weighted by molar-refractivity contribution is 7.99. The minimum Gasteiger partial charge on any atom is -0.188 e. The van der Waals surface area contributed by atoms with Crippen LogP contribution in [0.4, 0.5) is 0 Å². The normalized spacial score (nSPS) is 10.8. The fourth-order valence-corrected chi connectivity index (χ4v) is 2.36. The molecule has 96 valence electrons. The van der Waals surface area contributed by atoms with Crippen molar-refractivity contribution in [1.82, 2.24) is 20.2 Å². The van der Waals surface area contributed by atoms with Gasteiger partial charge in [0.25, 0.3) is 0 Å². The van der Waals surface area contributed by atoms with Crippen LogP contribution in [0.5, 0.6) is 0 Å². The minimum atomic E-state index is 0.846. The molecule has 1 aromatic heterocycles. The van der Waals surface area contributed by atoms with Gasteiger partial charge in [-0.1, -0.05) is 44.2 Å². The number of benzene rings is 1. The molecule has 0 bridgehead atoms. The molecule has 5 heteroatoms. The number of rotatable bonds is 6. The van der Waals surface area contributed by atoms with Crippen LogP contribution >= 0.6 is 11.8 Å². The number of unbranched alkanes of at least 4 members (excludes halogenated alkanes) is 1. The Bertz CT molecular complexity index is 478. The molecule has 0 saturated heterocycles. The highest BCUT2D eigenvalue weighted by Crippen LogP contribution is 2.18. The summed E-state index contributed by atoms with van der Waals surface area (Å²) in [5.41, 5.74) is 2.40. The van der Waals surface area contributed by atoms with E-state index in [0.717, 1.165) is 23.0 Å². The first-order valence-corrected chi connectivity index (χ1v) is 7.34. The Labute approximate surface area is 112 Å². The summed E-state index contributed by atoms with van der Waals surface area (Å²) in [6, 6.07) is 8.49. The number of tetrazole rings is 1. The lowest BCUT2D eigenvalue weighted by molar-refractivity contribution is 0.754. The summed E-state index contributed by atoms with van der Waals surface area (Å²) >= 11 is 1.65. The molecule has 1 heterocycles. The molecular formula is C13H18N4S. The Morgan fingerprint density at radius 1 is 1.17 bits per heavy atom. The van der Waals surface area contributed by atoms with E-state index in [-0.39, 0.29) is 0 Å². The maximum absolute atomic E-state index is 4.03. The van der Waals surface area contributed by atoms with E-state index in [1.807, 2.05) is 0 Å². The molecule has 2 rings (SSSR count). The average molecular weight is 262 g/mol. The number of hydrogen-bond donors (Lipinski definition) is 0. The summed E-state index contributed by atoms with van der Waals surface area (Å²) in [5.74, 6) is 0.967. The molecule has 0 aliphatic heterocycles. The molecule has 0 amide bonds. The van der Waals surface area contributed by atoms with Crippen molar-refractivity contribution in [3.8, 4) is 5.69 Å². The highest BCUT2D eigenvalue weighted by atomic mass is 32.2. The van der Waals surface area contributed by atoms with Crippen LogP contribution in [0.15, 0.2) is 29.4 Å². The second-order valence-electron chi connectivity index (χ2n) is 4.08. The number of thioether (sulfide) groups is 1. The summed E-state index contributed by atoms with van der Waals surface area (Å²) < 4.78 is 1.79. The zero-order chi connectivity index (χ0) is 12.8. The van der Waals surface area contributed by atoms with Crippen LogP contribution in [-0.2, 0) is 6.42 Å². The van der Waals surface area contributed by atoms with E-state index >= 15 is 0 Å². The number of hydrogen-bond acceptors (Lipinski definition) is 4. The van der Waals surface area contributed by atoms with Crippen LogP contribution in [0.25, 0.3) is 5.69 Å². The first kappa shape index (κ1) is 13.1. The second-order valence-corrected chi connectivity index (χ2v) is 5.31. The lowest BCUT2D eigenvalue weighted by atomic mass is 10.1. The summed E-state index contributed by atoms with van der Waals surface area (Å²) in [6.07, 6.45) is 3.61. The van der Waals surface area contributed by atoms with Gasteiger partial charge in [-0.05, 0) is 46.7 Å². The second kappa shape index (κ2) is 6.54. The maximum atomic E-state index is 4.03. The highest BCUT2D eigenvalue weighted by Gasteiger charge is 2.07. The van der Waals surface area contributed by atoms with Gasteiger partial charge in [-0.3, -0.25) is 0 Å². The molecule has 1 aromatic carbocycles. The molecule has 18 heavy (non-hydrogen) atoms. The van der Waals surface area contributed by atoms with Crippen molar-refractivity contribution in [1.29, 1.82) is 0 Å². The van der Waals surface area contributed by atoms with Crippen molar-refractivity contribution in [2.45, 2.75) is 38.3 Å². The van der Waals surface area contributed by atoms with Crippen molar-refractivity contribution >= 4 is 11.8 Å². The fourth-order valence-electron chi connectivity index (χ4n) is 1.74. The fraction of sp³-hybridized carbons (Fsp3) is 0.462. The quantitative estimate of drug-likeness (QED) is 0.750. The van der Waals surface area contributed by atoms with E-state index in [2.05, 4.69) is 53.6 Å². The van der Waals surface area contributed by atoms with Crippen molar-refractivity contribution < 1.29 is 0 Å². The predicted molar refractivity (Wildman–Crippen MR) is 74.2 cm³/mol. The van der Waals surface area contributed by atoms with Gasteiger partial charge in [0.2, 0.25) is 5.16 Å². The van der Waals surface area contributed by atoms with Crippen molar-refractivity contribution in [2.24, 2.45) is 0 Å².